The Hall–Kier alpha value is -2.87. The van der Waals surface area contributed by atoms with Crippen molar-refractivity contribution in [3.63, 3.8) is 0 Å². The quantitative estimate of drug-likeness (QED) is 0.610. The SMILES string of the molecule is CCC(C)NC(=O)c1ccc(NC(=O)c2ccc(NS(=O)(=O)C(C)C)cc2)cc1. The van der Waals surface area contributed by atoms with E-state index in [-0.39, 0.29) is 17.9 Å². The van der Waals surface area contributed by atoms with Crippen LogP contribution in [0.1, 0.15) is 54.8 Å². The number of benzene rings is 2. The van der Waals surface area contributed by atoms with E-state index in [0.29, 0.717) is 22.5 Å². The Bertz CT molecular complexity index is 952. The molecule has 1 unspecified atom stereocenters. The van der Waals surface area contributed by atoms with Crippen molar-refractivity contribution >= 4 is 33.2 Å². The van der Waals surface area contributed by atoms with E-state index in [2.05, 4.69) is 15.4 Å². The lowest BCUT2D eigenvalue weighted by Crippen LogP contribution is -2.31. The number of hydrogen-bond acceptors (Lipinski definition) is 4. The first-order valence-corrected chi connectivity index (χ1v) is 11.0. The van der Waals surface area contributed by atoms with Gasteiger partial charge in [0, 0.05) is 28.5 Å². The summed E-state index contributed by atoms with van der Waals surface area (Å²) in [5, 5.41) is 5.08. The van der Waals surface area contributed by atoms with E-state index in [1.165, 1.54) is 12.1 Å². The summed E-state index contributed by atoms with van der Waals surface area (Å²) in [7, 11) is -3.44. The Morgan fingerprint density at radius 2 is 1.31 bits per heavy atom. The van der Waals surface area contributed by atoms with Crippen LogP contribution in [0.2, 0.25) is 0 Å². The molecule has 156 valence electrons. The number of sulfonamides is 1. The third kappa shape index (κ3) is 6.32. The summed E-state index contributed by atoms with van der Waals surface area (Å²) in [4.78, 5) is 24.5. The highest BCUT2D eigenvalue weighted by molar-refractivity contribution is 7.93. The second-order valence-electron chi connectivity index (χ2n) is 7.09. The van der Waals surface area contributed by atoms with Crippen LogP contribution in [-0.2, 0) is 10.0 Å². The molecule has 0 aliphatic heterocycles. The van der Waals surface area contributed by atoms with Crippen molar-refractivity contribution in [2.45, 2.75) is 45.4 Å². The van der Waals surface area contributed by atoms with Gasteiger partial charge < -0.3 is 10.6 Å². The van der Waals surface area contributed by atoms with Gasteiger partial charge >= 0.3 is 0 Å². The molecule has 0 aliphatic rings. The summed E-state index contributed by atoms with van der Waals surface area (Å²) >= 11 is 0. The zero-order valence-electron chi connectivity index (χ0n) is 17.0. The van der Waals surface area contributed by atoms with Crippen LogP contribution in [0.25, 0.3) is 0 Å². The van der Waals surface area contributed by atoms with Crippen LogP contribution in [-0.4, -0.2) is 31.5 Å². The Labute approximate surface area is 172 Å². The fourth-order valence-corrected chi connectivity index (χ4v) is 2.99. The lowest BCUT2D eigenvalue weighted by Gasteiger charge is -2.12. The molecule has 2 rings (SSSR count). The highest BCUT2D eigenvalue weighted by atomic mass is 32.2. The third-order valence-corrected chi connectivity index (χ3v) is 6.18. The van der Waals surface area contributed by atoms with Gasteiger partial charge in [0.25, 0.3) is 11.8 Å². The Kier molecular flexibility index (Phi) is 7.39. The number of rotatable bonds is 8. The summed E-state index contributed by atoms with van der Waals surface area (Å²) < 4.78 is 26.3. The molecular formula is C21H27N3O4S. The number of carbonyl (C=O) groups excluding carboxylic acids is 2. The number of anilines is 2. The lowest BCUT2D eigenvalue weighted by molar-refractivity contribution is 0.0938. The molecule has 0 saturated heterocycles. The number of carbonyl (C=O) groups is 2. The van der Waals surface area contributed by atoms with E-state index in [9.17, 15) is 18.0 Å². The first-order chi connectivity index (χ1) is 13.6. The van der Waals surface area contributed by atoms with Crippen molar-refractivity contribution in [2.24, 2.45) is 0 Å². The van der Waals surface area contributed by atoms with Gasteiger partial charge in [0.2, 0.25) is 10.0 Å². The first-order valence-electron chi connectivity index (χ1n) is 9.46. The molecule has 29 heavy (non-hydrogen) atoms. The van der Waals surface area contributed by atoms with Gasteiger partial charge in [-0.05, 0) is 75.7 Å². The van der Waals surface area contributed by atoms with Crippen molar-refractivity contribution in [2.75, 3.05) is 10.0 Å². The molecule has 0 radical (unpaired) electrons. The van der Waals surface area contributed by atoms with E-state index < -0.39 is 15.3 Å². The molecule has 2 aromatic carbocycles. The zero-order valence-corrected chi connectivity index (χ0v) is 17.8. The fraction of sp³-hybridized carbons (Fsp3) is 0.333. The maximum atomic E-state index is 12.4. The van der Waals surface area contributed by atoms with E-state index >= 15 is 0 Å². The Balaban J connectivity index is 2.00. The van der Waals surface area contributed by atoms with E-state index in [4.69, 9.17) is 0 Å². The molecule has 8 heteroatoms. The lowest BCUT2D eigenvalue weighted by atomic mass is 10.1. The first kappa shape index (κ1) is 22.4. The van der Waals surface area contributed by atoms with E-state index in [1.807, 2.05) is 13.8 Å². The topological polar surface area (TPSA) is 104 Å². The monoisotopic (exact) mass is 417 g/mol. The van der Waals surface area contributed by atoms with Gasteiger partial charge in [-0.1, -0.05) is 6.92 Å². The summed E-state index contributed by atoms with van der Waals surface area (Å²) in [6.45, 7) is 7.11. The van der Waals surface area contributed by atoms with Crippen LogP contribution in [0.4, 0.5) is 11.4 Å². The van der Waals surface area contributed by atoms with Gasteiger partial charge in [0.15, 0.2) is 0 Å². The third-order valence-electron chi connectivity index (χ3n) is 4.42. The molecule has 0 heterocycles. The van der Waals surface area contributed by atoms with Gasteiger partial charge in [0.1, 0.15) is 0 Å². The molecule has 0 fully saturated rings. The molecular weight excluding hydrogens is 390 g/mol. The smallest absolute Gasteiger partial charge is 0.255 e. The maximum Gasteiger partial charge on any atom is 0.255 e. The average molecular weight is 418 g/mol. The van der Waals surface area contributed by atoms with Crippen molar-refractivity contribution in [3.05, 3.63) is 59.7 Å². The van der Waals surface area contributed by atoms with Crippen LogP contribution < -0.4 is 15.4 Å². The van der Waals surface area contributed by atoms with Crippen molar-refractivity contribution in [1.82, 2.24) is 5.32 Å². The van der Waals surface area contributed by atoms with Gasteiger partial charge in [-0.3, -0.25) is 14.3 Å². The Morgan fingerprint density at radius 3 is 1.79 bits per heavy atom. The normalized spacial score (nSPS) is 12.3. The van der Waals surface area contributed by atoms with E-state index in [1.54, 1.807) is 50.2 Å². The van der Waals surface area contributed by atoms with Gasteiger partial charge in [0.05, 0.1) is 5.25 Å². The minimum absolute atomic E-state index is 0.0925. The summed E-state index contributed by atoms with van der Waals surface area (Å²) in [6.07, 6.45) is 0.845. The molecule has 0 bridgehead atoms. The predicted octanol–water partition coefficient (Wildman–Crippen LogP) is 3.62. The molecule has 2 amide bonds. The second kappa shape index (κ2) is 9.56. The number of hydrogen-bond donors (Lipinski definition) is 3. The highest BCUT2D eigenvalue weighted by Gasteiger charge is 2.16. The fourth-order valence-electron chi connectivity index (χ4n) is 2.29. The Morgan fingerprint density at radius 1 is 0.828 bits per heavy atom. The van der Waals surface area contributed by atoms with Crippen LogP contribution in [0.15, 0.2) is 48.5 Å². The zero-order chi connectivity index (χ0) is 21.6. The number of amides is 2. The van der Waals surface area contributed by atoms with Crippen LogP contribution in [0.5, 0.6) is 0 Å². The van der Waals surface area contributed by atoms with Crippen LogP contribution >= 0.6 is 0 Å². The van der Waals surface area contributed by atoms with Gasteiger partial charge in [-0.25, -0.2) is 8.42 Å². The predicted molar refractivity (Wildman–Crippen MR) is 116 cm³/mol. The summed E-state index contributed by atoms with van der Waals surface area (Å²) in [5.41, 5.74) is 1.85. The largest absolute Gasteiger partial charge is 0.350 e. The van der Waals surface area contributed by atoms with Gasteiger partial charge in [-0.15, -0.1) is 0 Å². The molecule has 7 nitrogen and oxygen atoms in total. The highest BCUT2D eigenvalue weighted by Crippen LogP contribution is 2.16. The minimum Gasteiger partial charge on any atom is -0.350 e. The maximum absolute atomic E-state index is 12.4. The van der Waals surface area contributed by atoms with Crippen molar-refractivity contribution < 1.29 is 18.0 Å². The van der Waals surface area contributed by atoms with Crippen LogP contribution in [0.3, 0.4) is 0 Å². The van der Waals surface area contributed by atoms with Crippen molar-refractivity contribution in [1.29, 1.82) is 0 Å². The standard InChI is InChI=1S/C21H27N3O4S/c1-5-15(4)22-20(25)16-6-10-18(11-7-16)23-21(26)17-8-12-19(13-9-17)24-29(27,28)14(2)3/h6-15,24H,5H2,1-4H3,(H,22,25)(H,23,26). The van der Waals surface area contributed by atoms with Gasteiger partial charge in [-0.2, -0.15) is 0 Å². The minimum atomic E-state index is -3.44. The molecule has 0 aliphatic carbocycles. The molecule has 0 saturated carbocycles. The molecule has 0 spiro atoms. The number of nitrogens with one attached hydrogen (secondary N) is 3. The average Bonchev–Trinajstić information content (AvgIpc) is 2.68. The molecule has 1 atom stereocenters. The molecule has 2 aromatic rings. The van der Waals surface area contributed by atoms with E-state index in [0.717, 1.165) is 6.42 Å². The molecule has 0 aromatic heterocycles. The summed E-state index contributed by atoms with van der Waals surface area (Å²) in [5.74, 6) is -0.489. The summed E-state index contributed by atoms with van der Waals surface area (Å²) in [6, 6.07) is 12.9. The second-order valence-corrected chi connectivity index (χ2v) is 9.32. The van der Waals surface area contributed by atoms with Crippen molar-refractivity contribution in [3.8, 4) is 0 Å². The molecule has 3 N–H and O–H groups in total. The van der Waals surface area contributed by atoms with Crippen LogP contribution in [0, 0.1) is 0 Å².